The van der Waals surface area contributed by atoms with Crippen molar-refractivity contribution in [1.29, 1.82) is 0 Å². The van der Waals surface area contributed by atoms with Crippen molar-refractivity contribution in [3.05, 3.63) is 11.6 Å². The fraction of sp³-hybridized carbons (Fsp3) is 0.750. The lowest BCUT2D eigenvalue weighted by Crippen LogP contribution is -2.12. The highest BCUT2D eigenvalue weighted by Crippen LogP contribution is 2.00. The molecular weight excluding hydrogens is 126 g/mol. The van der Waals surface area contributed by atoms with Gasteiger partial charge in [0.15, 0.2) is 0 Å². The maximum absolute atomic E-state index is 5.42. The molecule has 0 aromatic heterocycles. The average molecular weight is 141 g/mol. The molecule has 0 unspecified atom stereocenters. The fourth-order valence-electron chi connectivity index (χ4n) is 0.905. The smallest absolute Gasteiger partial charge is 0.0693 e. The number of hydrogen-bond donors (Lipinski definition) is 1. The van der Waals surface area contributed by atoms with E-state index in [1.807, 2.05) is 0 Å². The van der Waals surface area contributed by atoms with Crippen molar-refractivity contribution in [2.45, 2.75) is 20.0 Å². The van der Waals surface area contributed by atoms with Crippen molar-refractivity contribution in [1.82, 2.24) is 5.32 Å². The molecule has 0 aromatic carbocycles. The molecule has 0 amide bonds. The third-order valence-electron chi connectivity index (χ3n) is 1.49. The fourth-order valence-corrected chi connectivity index (χ4v) is 0.905. The van der Waals surface area contributed by atoms with Crippen LogP contribution in [0.1, 0.15) is 13.8 Å². The Morgan fingerprint density at radius 1 is 1.70 bits per heavy atom. The quantitative estimate of drug-likeness (QED) is 0.591. The molecule has 2 nitrogen and oxygen atoms in total. The Balaban J connectivity index is 2.13. The summed E-state index contributed by atoms with van der Waals surface area (Å²) >= 11 is 0. The summed E-state index contributed by atoms with van der Waals surface area (Å²) in [5.74, 6) is 0. The zero-order valence-electron chi connectivity index (χ0n) is 6.68. The Morgan fingerprint density at radius 2 is 2.50 bits per heavy atom. The van der Waals surface area contributed by atoms with E-state index in [0.29, 0.717) is 6.10 Å². The normalized spacial score (nSPS) is 18.1. The van der Waals surface area contributed by atoms with Crippen LogP contribution in [0.15, 0.2) is 11.6 Å². The standard InChI is InChI=1S/C8H15NO/c1-7(2)10-6-8-3-4-9-5-8/h3,7,9H,4-6H2,1-2H3. The Bertz CT molecular complexity index is 129. The largest absolute Gasteiger partial charge is 0.374 e. The van der Waals surface area contributed by atoms with Gasteiger partial charge in [-0.1, -0.05) is 6.08 Å². The van der Waals surface area contributed by atoms with Gasteiger partial charge in [0.1, 0.15) is 0 Å². The summed E-state index contributed by atoms with van der Waals surface area (Å²) in [5.41, 5.74) is 1.38. The van der Waals surface area contributed by atoms with Gasteiger partial charge in [0.25, 0.3) is 0 Å². The van der Waals surface area contributed by atoms with Gasteiger partial charge in [-0.2, -0.15) is 0 Å². The summed E-state index contributed by atoms with van der Waals surface area (Å²) in [6.45, 7) is 6.93. The SMILES string of the molecule is CC(C)OCC1=CCNC1. The van der Waals surface area contributed by atoms with Crippen molar-refractivity contribution in [2.75, 3.05) is 19.7 Å². The highest BCUT2D eigenvalue weighted by atomic mass is 16.5. The zero-order chi connectivity index (χ0) is 7.40. The molecule has 0 aromatic rings. The van der Waals surface area contributed by atoms with Crippen LogP contribution in [0.5, 0.6) is 0 Å². The molecule has 1 heterocycles. The van der Waals surface area contributed by atoms with Crippen molar-refractivity contribution in [3.63, 3.8) is 0 Å². The van der Waals surface area contributed by atoms with Crippen LogP contribution in [0.25, 0.3) is 0 Å². The van der Waals surface area contributed by atoms with E-state index in [0.717, 1.165) is 19.7 Å². The summed E-state index contributed by atoms with van der Waals surface area (Å²) in [7, 11) is 0. The van der Waals surface area contributed by atoms with Crippen LogP contribution < -0.4 is 5.32 Å². The van der Waals surface area contributed by atoms with Crippen LogP contribution in [0.2, 0.25) is 0 Å². The number of hydrogen-bond acceptors (Lipinski definition) is 2. The van der Waals surface area contributed by atoms with Gasteiger partial charge in [-0.25, -0.2) is 0 Å². The van der Waals surface area contributed by atoms with Gasteiger partial charge in [0.05, 0.1) is 12.7 Å². The molecular formula is C8H15NO. The molecule has 0 radical (unpaired) electrons. The summed E-state index contributed by atoms with van der Waals surface area (Å²) < 4.78 is 5.42. The number of rotatable bonds is 3. The van der Waals surface area contributed by atoms with Crippen molar-refractivity contribution >= 4 is 0 Å². The Morgan fingerprint density at radius 3 is 3.00 bits per heavy atom. The third kappa shape index (κ3) is 2.50. The molecule has 0 spiro atoms. The molecule has 2 heteroatoms. The van der Waals surface area contributed by atoms with E-state index in [1.165, 1.54) is 5.57 Å². The summed E-state index contributed by atoms with van der Waals surface area (Å²) in [6.07, 6.45) is 2.55. The zero-order valence-corrected chi connectivity index (χ0v) is 6.68. The second-order valence-corrected chi connectivity index (χ2v) is 2.85. The van der Waals surface area contributed by atoms with Gasteiger partial charge in [-0.15, -0.1) is 0 Å². The number of ether oxygens (including phenoxy) is 1. The first-order chi connectivity index (χ1) is 4.79. The van der Waals surface area contributed by atoms with Crippen molar-refractivity contribution < 1.29 is 4.74 Å². The predicted molar refractivity (Wildman–Crippen MR) is 42.0 cm³/mol. The second-order valence-electron chi connectivity index (χ2n) is 2.85. The minimum Gasteiger partial charge on any atom is -0.374 e. The van der Waals surface area contributed by atoms with Crippen LogP contribution in [0.4, 0.5) is 0 Å². The molecule has 0 atom stereocenters. The van der Waals surface area contributed by atoms with E-state index in [-0.39, 0.29) is 0 Å². The maximum Gasteiger partial charge on any atom is 0.0693 e. The topological polar surface area (TPSA) is 21.3 Å². The van der Waals surface area contributed by atoms with Gasteiger partial charge < -0.3 is 10.1 Å². The second kappa shape index (κ2) is 3.74. The van der Waals surface area contributed by atoms with E-state index in [2.05, 4.69) is 25.2 Å². The average Bonchev–Trinajstić information content (AvgIpc) is 2.34. The lowest BCUT2D eigenvalue weighted by molar-refractivity contribution is 0.0969. The molecule has 0 saturated heterocycles. The van der Waals surface area contributed by atoms with E-state index in [1.54, 1.807) is 0 Å². The van der Waals surface area contributed by atoms with Gasteiger partial charge in [0, 0.05) is 13.1 Å². The van der Waals surface area contributed by atoms with Gasteiger partial charge in [-0.3, -0.25) is 0 Å². The van der Waals surface area contributed by atoms with Crippen LogP contribution in [-0.2, 0) is 4.74 Å². The summed E-state index contributed by atoms with van der Waals surface area (Å²) in [4.78, 5) is 0. The van der Waals surface area contributed by atoms with Crippen molar-refractivity contribution in [2.24, 2.45) is 0 Å². The van der Waals surface area contributed by atoms with Gasteiger partial charge in [0.2, 0.25) is 0 Å². The third-order valence-corrected chi connectivity index (χ3v) is 1.49. The van der Waals surface area contributed by atoms with E-state index in [9.17, 15) is 0 Å². The minimum absolute atomic E-state index is 0.349. The van der Waals surface area contributed by atoms with E-state index in [4.69, 9.17) is 4.74 Å². The molecule has 58 valence electrons. The lowest BCUT2D eigenvalue weighted by atomic mass is 10.3. The lowest BCUT2D eigenvalue weighted by Gasteiger charge is -2.06. The van der Waals surface area contributed by atoms with Crippen molar-refractivity contribution in [3.8, 4) is 0 Å². The predicted octanol–water partition coefficient (Wildman–Crippen LogP) is 0.941. The Hall–Kier alpha value is -0.340. The summed E-state index contributed by atoms with van der Waals surface area (Å²) in [5, 5.41) is 3.22. The Kier molecular flexibility index (Phi) is 2.90. The minimum atomic E-state index is 0.349. The number of nitrogens with one attached hydrogen (secondary N) is 1. The van der Waals surface area contributed by atoms with Gasteiger partial charge >= 0.3 is 0 Å². The van der Waals surface area contributed by atoms with Gasteiger partial charge in [-0.05, 0) is 19.4 Å². The molecule has 10 heavy (non-hydrogen) atoms. The monoisotopic (exact) mass is 141 g/mol. The van der Waals surface area contributed by atoms with Crippen LogP contribution in [0.3, 0.4) is 0 Å². The maximum atomic E-state index is 5.42. The Labute approximate surface area is 62.3 Å². The molecule has 0 bridgehead atoms. The molecule has 1 N–H and O–H groups in total. The first-order valence-electron chi connectivity index (χ1n) is 3.79. The first kappa shape index (κ1) is 7.76. The first-order valence-corrected chi connectivity index (χ1v) is 3.79. The molecule has 0 saturated carbocycles. The van der Waals surface area contributed by atoms with E-state index >= 15 is 0 Å². The molecule has 1 aliphatic heterocycles. The molecule has 1 rings (SSSR count). The highest BCUT2D eigenvalue weighted by Gasteiger charge is 2.03. The van der Waals surface area contributed by atoms with E-state index < -0.39 is 0 Å². The van der Waals surface area contributed by atoms with Crippen LogP contribution >= 0.6 is 0 Å². The molecule has 0 fully saturated rings. The summed E-state index contributed by atoms with van der Waals surface area (Å²) in [6, 6.07) is 0. The van der Waals surface area contributed by atoms with Crippen LogP contribution in [-0.4, -0.2) is 25.8 Å². The van der Waals surface area contributed by atoms with Crippen LogP contribution in [0, 0.1) is 0 Å². The molecule has 1 aliphatic rings. The highest BCUT2D eigenvalue weighted by molar-refractivity contribution is 5.10. The molecule has 0 aliphatic carbocycles.